The van der Waals surface area contributed by atoms with E-state index in [0.717, 1.165) is 28.5 Å². The predicted molar refractivity (Wildman–Crippen MR) is 140 cm³/mol. The molecule has 1 heterocycles. The molecule has 12 nitrogen and oxygen atoms in total. The highest BCUT2D eigenvalue weighted by atomic mass is 32.2. The molecule has 0 aliphatic carbocycles. The first-order chi connectivity index (χ1) is 17.7. The van der Waals surface area contributed by atoms with Crippen molar-refractivity contribution in [2.75, 3.05) is 72.0 Å². The number of benzene rings is 1. The fourth-order valence-electron chi connectivity index (χ4n) is 4.40. The molecular weight excluding hydrogens is 496 g/mol. The summed E-state index contributed by atoms with van der Waals surface area (Å²) in [4.78, 5) is 55.4. The van der Waals surface area contributed by atoms with Crippen molar-refractivity contribution in [1.82, 2.24) is 19.6 Å². The van der Waals surface area contributed by atoms with E-state index in [1.165, 1.54) is 0 Å². The fourth-order valence-corrected chi connectivity index (χ4v) is 4.77. The van der Waals surface area contributed by atoms with Gasteiger partial charge in [0.2, 0.25) is 17.7 Å². The summed E-state index contributed by atoms with van der Waals surface area (Å²) >= 11 is 1.07. The van der Waals surface area contributed by atoms with E-state index < -0.39 is 17.7 Å². The molecule has 1 aliphatic rings. The van der Waals surface area contributed by atoms with Crippen molar-refractivity contribution < 1.29 is 19.2 Å². The summed E-state index contributed by atoms with van der Waals surface area (Å²) in [6.45, 7) is 3.63. The SMILES string of the molecule is N#CSc1ccc(CC2CN(CC(N)=O)CCN(CC=O)CCN(CC(N)=O)CCN2CC(N)=O)cc1. The van der Waals surface area contributed by atoms with E-state index in [9.17, 15) is 19.2 Å². The largest absolute Gasteiger partial charge is 0.369 e. The Kier molecular flexibility index (Phi) is 13.0. The van der Waals surface area contributed by atoms with E-state index >= 15 is 0 Å². The molecule has 202 valence electrons. The Labute approximate surface area is 221 Å². The van der Waals surface area contributed by atoms with E-state index in [2.05, 4.69) is 5.40 Å². The Morgan fingerprint density at radius 3 is 1.97 bits per heavy atom. The van der Waals surface area contributed by atoms with E-state index in [0.29, 0.717) is 52.2 Å². The number of nitrogens with two attached hydrogens (primary N) is 3. The number of nitriles is 1. The Morgan fingerprint density at radius 2 is 1.41 bits per heavy atom. The van der Waals surface area contributed by atoms with E-state index in [1.54, 1.807) is 0 Å². The molecule has 1 unspecified atom stereocenters. The van der Waals surface area contributed by atoms with Crippen molar-refractivity contribution in [2.45, 2.75) is 17.4 Å². The van der Waals surface area contributed by atoms with Crippen LogP contribution in [0, 0.1) is 10.7 Å². The summed E-state index contributed by atoms with van der Waals surface area (Å²) in [7, 11) is 0. The van der Waals surface area contributed by atoms with Crippen LogP contribution in [0.25, 0.3) is 0 Å². The zero-order valence-corrected chi connectivity index (χ0v) is 21.8. The second-order valence-electron chi connectivity index (χ2n) is 9.04. The van der Waals surface area contributed by atoms with Gasteiger partial charge in [-0.2, -0.15) is 5.26 Å². The van der Waals surface area contributed by atoms with Gasteiger partial charge in [-0.25, -0.2) is 0 Å². The van der Waals surface area contributed by atoms with Crippen LogP contribution in [0.3, 0.4) is 0 Å². The fraction of sp³-hybridized carbons (Fsp3) is 0.542. The van der Waals surface area contributed by atoms with Crippen LogP contribution < -0.4 is 17.2 Å². The van der Waals surface area contributed by atoms with Gasteiger partial charge in [-0.15, -0.1) is 0 Å². The maximum Gasteiger partial charge on any atom is 0.231 e. The number of nitrogens with zero attached hydrogens (tertiary/aromatic N) is 5. The van der Waals surface area contributed by atoms with Gasteiger partial charge in [0, 0.05) is 56.8 Å². The normalized spacial score (nSPS) is 19.3. The number of amides is 3. The molecule has 1 saturated heterocycles. The monoisotopic (exact) mass is 532 g/mol. The summed E-state index contributed by atoms with van der Waals surface area (Å²) in [5, 5.41) is 11.0. The molecule has 1 aromatic rings. The first kappa shape index (κ1) is 30.2. The van der Waals surface area contributed by atoms with Gasteiger partial charge in [-0.05, 0) is 35.9 Å². The lowest BCUT2D eigenvalue weighted by Crippen LogP contribution is -2.54. The van der Waals surface area contributed by atoms with E-state index in [1.807, 2.05) is 43.9 Å². The van der Waals surface area contributed by atoms with Crippen LogP contribution in [-0.4, -0.2) is 122 Å². The lowest BCUT2D eigenvalue weighted by Gasteiger charge is -2.38. The molecule has 3 amide bonds. The minimum atomic E-state index is -0.488. The number of thiocyanates is 1. The Bertz CT molecular complexity index is 955. The number of carbonyl (C=O) groups excluding carboxylic acids is 4. The highest BCUT2D eigenvalue weighted by molar-refractivity contribution is 8.03. The van der Waals surface area contributed by atoms with E-state index in [4.69, 9.17) is 22.5 Å². The van der Waals surface area contributed by atoms with Gasteiger partial charge in [0.25, 0.3) is 0 Å². The molecule has 37 heavy (non-hydrogen) atoms. The number of hydrogen-bond donors (Lipinski definition) is 3. The first-order valence-electron chi connectivity index (χ1n) is 12.0. The quantitative estimate of drug-likeness (QED) is 0.164. The summed E-state index contributed by atoms with van der Waals surface area (Å²) in [6, 6.07) is 7.38. The summed E-state index contributed by atoms with van der Waals surface area (Å²) in [5.41, 5.74) is 17.6. The molecule has 13 heteroatoms. The lowest BCUT2D eigenvalue weighted by molar-refractivity contribution is -0.122. The zero-order chi connectivity index (χ0) is 27.2. The minimum absolute atomic E-state index is 0.000869. The number of carbonyl (C=O) groups is 4. The number of hydrogen-bond acceptors (Lipinski definition) is 10. The molecule has 1 fully saturated rings. The van der Waals surface area contributed by atoms with Crippen LogP contribution in [0.4, 0.5) is 0 Å². The van der Waals surface area contributed by atoms with Crippen LogP contribution in [0.5, 0.6) is 0 Å². The summed E-state index contributed by atoms with van der Waals surface area (Å²) in [5.74, 6) is -1.42. The topological polar surface area (TPSA) is 183 Å². The third-order valence-corrected chi connectivity index (χ3v) is 6.76. The average molecular weight is 533 g/mol. The molecule has 0 bridgehead atoms. The minimum Gasteiger partial charge on any atom is -0.369 e. The Balaban J connectivity index is 2.38. The van der Waals surface area contributed by atoms with Gasteiger partial charge in [0.05, 0.1) is 26.2 Å². The van der Waals surface area contributed by atoms with Gasteiger partial charge < -0.3 is 22.0 Å². The number of thioether (sulfide) groups is 1. The molecule has 1 aromatic carbocycles. The van der Waals surface area contributed by atoms with Crippen LogP contribution in [0.15, 0.2) is 29.2 Å². The molecule has 6 N–H and O–H groups in total. The molecule has 0 spiro atoms. The molecule has 2 rings (SSSR count). The van der Waals surface area contributed by atoms with Crippen LogP contribution >= 0.6 is 11.8 Å². The van der Waals surface area contributed by atoms with Crippen molar-refractivity contribution in [3.63, 3.8) is 0 Å². The standard InChI is InChI=1S/C24H36N8O4S/c25-18-37-21-3-1-19(2-4-21)13-20-14-31(16-23(27)35)8-6-29(11-12-33)5-7-30(15-22(26)34)9-10-32(20)17-24(28)36/h1-4,12,20H,5-11,13-17H2,(H2,26,34)(H2,27,35)(H2,28,36). The van der Waals surface area contributed by atoms with Crippen LogP contribution in [-0.2, 0) is 25.6 Å². The van der Waals surface area contributed by atoms with Gasteiger partial charge in [0.1, 0.15) is 11.7 Å². The third-order valence-electron chi connectivity index (χ3n) is 6.16. The number of primary amides is 3. The van der Waals surface area contributed by atoms with Gasteiger partial charge >= 0.3 is 0 Å². The second-order valence-corrected chi connectivity index (χ2v) is 9.90. The Hall–Kier alpha value is -3.02. The van der Waals surface area contributed by atoms with Gasteiger partial charge in [-0.3, -0.25) is 34.0 Å². The van der Waals surface area contributed by atoms with Crippen molar-refractivity contribution in [3.8, 4) is 5.40 Å². The molecule has 1 aliphatic heterocycles. The highest BCUT2D eigenvalue weighted by Crippen LogP contribution is 2.19. The molecule has 1 atom stereocenters. The van der Waals surface area contributed by atoms with Crippen molar-refractivity contribution in [1.29, 1.82) is 5.26 Å². The van der Waals surface area contributed by atoms with Crippen LogP contribution in [0.1, 0.15) is 5.56 Å². The molecular formula is C24H36N8O4S. The van der Waals surface area contributed by atoms with Crippen molar-refractivity contribution in [3.05, 3.63) is 29.8 Å². The van der Waals surface area contributed by atoms with Crippen molar-refractivity contribution in [2.24, 2.45) is 17.2 Å². The zero-order valence-electron chi connectivity index (χ0n) is 21.0. The second kappa shape index (κ2) is 16.0. The maximum absolute atomic E-state index is 12.0. The average Bonchev–Trinajstić information content (AvgIpc) is 2.82. The summed E-state index contributed by atoms with van der Waals surface area (Å²) in [6.07, 6.45) is 1.38. The summed E-state index contributed by atoms with van der Waals surface area (Å²) < 4.78 is 0. The third kappa shape index (κ3) is 11.7. The van der Waals surface area contributed by atoms with Crippen LogP contribution in [0.2, 0.25) is 0 Å². The van der Waals surface area contributed by atoms with Crippen molar-refractivity contribution >= 4 is 35.8 Å². The van der Waals surface area contributed by atoms with Gasteiger partial charge in [-0.1, -0.05) is 12.1 Å². The van der Waals surface area contributed by atoms with E-state index in [-0.39, 0.29) is 32.2 Å². The molecule has 0 radical (unpaired) electrons. The molecule has 0 saturated carbocycles. The van der Waals surface area contributed by atoms with Gasteiger partial charge in [0.15, 0.2) is 0 Å². The Morgan fingerprint density at radius 1 is 0.865 bits per heavy atom. The maximum atomic E-state index is 12.0. The lowest BCUT2D eigenvalue weighted by atomic mass is 10.0. The highest BCUT2D eigenvalue weighted by Gasteiger charge is 2.26. The number of rotatable bonds is 11. The smallest absolute Gasteiger partial charge is 0.231 e. The number of aldehydes is 1. The molecule has 0 aromatic heterocycles. The first-order valence-corrected chi connectivity index (χ1v) is 12.9. The predicted octanol–water partition coefficient (Wildman–Crippen LogP) is -1.95.